The third kappa shape index (κ3) is 6.66. The molecule has 0 aliphatic rings. The minimum Gasteiger partial charge on any atom is -0.490 e. The number of carboxylic acids is 1. The van der Waals surface area contributed by atoms with Gasteiger partial charge in [0, 0.05) is 15.2 Å². The van der Waals surface area contributed by atoms with Gasteiger partial charge in [0.2, 0.25) is 0 Å². The maximum Gasteiger partial charge on any atom is 0.335 e. The maximum atomic E-state index is 12.8. The van der Waals surface area contributed by atoms with Crippen molar-refractivity contribution in [3.05, 3.63) is 91.9 Å². The van der Waals surface area contributed by atoms with Gasteiger partial charge in [-0.2, -0.15) is 5.26 Å². The second-order valence-corrected chi connectivity index (χ2v) is 8.84. The predicted octanol–water partition coefficient (Wildman–Crippen LogP) is 6.63. The number of carbonyl (C=O) groups excluding carboxylic acids is 1. The van der Waals surface area contributed by atoms with E-state index >= 15 is 0 Å². The van der Waals surface area contributed by atoms with Crippen LogP contribution in [0.5, 0.6) is 11.5 Å². The van der Waals surface area contributed by atoms with E-state index in [9.17, 15) is 14.9 Å². The van der Waals surface area contributed by atoms with Crippen molar-refractivity contribution >= 4 is 51.2 Å². The average molecular weight is 570 g/mol. The fraction of sp³-hybridized carbons (Fsp3) is 0.148. The molecule has 7 nitrogen and oxygen atoms in total. The Balaban J connectivity index is 1.84. The van der Waals surface area contributed by atoms with Gasteiger partial charge < -0.3 is 19.9 Å². The van der Waals surface area contributed by atoms with Crippen molar-refractivity contribution in [2.75, 3.05) is 11.9 Å². The Bertz CT molecular complexity index is 1360. The summed E-state index contributed by atoms with van der Waals surface area (Å²) in [7, 11) is 0. The molecule has 0 aliphatic heterocycles. The molecule has 0 heterocycles. The van der Waals surface area contributed by atoms with Gasteiger partial charge >= 0.3 is 5.97 Å². The highest BCUT2D eigenvalue weighted by Gasteiger charge is 2.15. The van der Waals surface area contributed by atoms with Crippen LogP contribution in [0.1, 0.15) is 34.0 Å². The van der Waals surface area contributed by atoms with E-state index in [1.165, 1.54) is 18.2 Å². The fourth-order valence-corrected chi connectivity index (χ4v) is 3.80. The molecule has 3 aromatic rings. The number of halogens is 2. The number of carboxylic acid groups (broad SMARTS) is 1. The van der Waals surface area contributed by atoms with Crippen molar-refractivity contribution in [2.45, 2.75) is 20.5 Å². The minimum absolute atomic E-state index is 0.107. The van der Waals surface area contributed by atoms with Crippen molar-refractivity contribution in [3.8, 4) is 17.6 Å². The van der Waals surface area contributed by atoms with Crippen LogP contribution in [-0.2, 0) is 11.4 Å². The lowest BCUT2D eigenvalue weighted by molar-refractivity contribution is -0.112. The first-order valence-corrected chi connectivity index (χ1v) is 12.0. The van der Waals surface area contributed by atoms with Crippen LogP contribution in [0.4, 0.5) is 5.69 Å². The van der Waals surface area contributed by atoms with Crippen LogP contribution in [0, 0.1) is 18.3 Å². The number of hydrogen-bond acceptors (Lipinski definition) is 5. The van der Waals surface area contributed by atoms with E-state index in [4.69, 9.17) is 26.2 Å². The second-order valence-electron chi connectivity index (χ2n) is 7.58. The number of nitriles is 1. The summed E-state index contributed by atoms with van der Waals surface area (Å²) in [5, 5.41) is 21.9. The number of ether oxygens (including phenoxy) is 2. The molecule has 184 valence electrons. The molecule has 0 radical (unpaired) electrons. The van der Waals surface area contributed by atoms with Crippen LogP contribution in [0.3, 0.4) is 0 Å². The van der Waals surface area contributed by atoms with Gasteiger partial charge in [0.1, 0.15) is 18.2 Å². The van der Waals surface area contributed by atoms with E-state index in [1.54, 1.807) is 49.4 Å². The van der Waals surface area contributed by atoms with Crippen molar-refractivity contribution < 1.29 is 24.2 Å². The van der Waals surface area contributed by atoms with Crippen molar-refractivity contribution in [3.63, 3.8) is 0 Å². The normalized spacial score (nSPS) is 10.9. The molecule has 3 rings (SSSR count). The highest BCUT2D eigenvalue weighted by atomic mass is 79.9. The quantitative estimate of drug-likeness (QED) is 0.221. The third-order valence-electron chi connectivity index (χ3n) is 5.14. The van der Waals surface area contributed by atoms with Gasteiger partial charge in [-0.1, -0.05) is 45.7 Å². The zero-order valence-electron chi connectivity index (χ0n) is 19.5. The Hall–Kier alpha value is -3.80. The summed E-state index contributed by atoms with van der Waals surface area (Å²) in [5.41, 5.74) is 2.63. The second kappa shape index (κ2) is 12.2. The van der Waals surface area contributed by atoms with Gasteiger partial charge in [0.05, 0.1) is 12.2 Å². The van der Waals surface area contributed by atoms with Crippen LogP contribution in [0.2, 0.25) is 5.02 Å². The standard InChI is InChI=1S/C27H22BrClN2O5/c1-3-35-24-12-19(11-20(14-30)26(32)31-23-6-4-5-22(29)16(23)2)21(28)13-25(24)36-15-17-7-9-18(10-8-17)27(33)34/h4-13H,3,15H2,1-2H3,(H,31,32)(H,33,34)/b20-11+. The predicted molar refractivity (Wildman–Crippen MR) is 141 cm³/mol. The first-order valence-electron chi connectivity index (χ1n) is 10.8. The molecule has 3 aromatic carbocycles. The molecule has 1 amide bonds. The van der Waals surface area contributed by atoms with E-state index in [-0.39, 0.29) is 17.7 Å². The number of anilines is 1. The summed E-state index contributed by atoms with van der Waals surface area (Å²) < 4.78 is 12.2. The summed E-state index contributed by atoms with van der Waals surface area (Å²) in [6, 6.07) is 16.8. The van der Waals surface area contributed by atoms with E-state index in [1.807, 2.05) is 13.0 Å². The molecule has 0 fully saturated rings. The number of amides is 1. The van der Waals surface area contributed by atoms with Crippen molar-refractivity contribution in [1.29, 1.82) is 5.26 Å². The summed E-state index contributed by atoms with van der Waals surface area (Å²) >= 11 is 9.60. The summed E-state index contributed by atoms with van der Waals surface area (Å²) in [5.74, 6) is -0.696. The molecule has 0 saturated heterocycles. The number of hydrogen-bond donors (Lipinski definition) is 2. The van der Waals surface area contributed by atoms with Crippen LogP contribution >= 0.6 is 27.5 Å². The Morgan fingerprint density at radius 2 is 1.83 bits per heavy atom. The summed E-state index contributed by atoms with van der Waals surface area (Å²) in [6.45, 7) is 4.16. The number of carbonyl (C=O) groups is 2. The Morgan fingerprint density at radius 3 is 2.47 bits per heavy atom. The molecule has 0 bridgehead atoms. The molecule has 0 atom stereocenters. The van der Waals surface area contributed by atoms with E-state index < -0.39 is 11.9 Å². The molecule has 0 spiro atoms. The molecule has 2 N–H and O–H groups in total. The smallest absolute Gasteiger partial charge is 0.335 e. The summed E-state index contributed by atoms with van der Waals surface area (Å²) in [4.78, 5) is 23.8. The Morgan fingerprint density at radius 1 is 1.14 bits per heavy atom. The largest absolute Gasteiger partial charge is 0.490 e. The van der Waals surface area contributed by atoms with Crippen LogP contribution in [0.15, 0.2) is 64.6 Å². The number of benzene rings is 3. The van der Waals surface area contributed by atoms with E-state index in [0.717, 1.165) is 5.56 Å². The SMILES string of the molecule is CCOc1cc(/C=C(\C#N)C(=O)Nc2cccc(Cl)c2C)c(Br)cc1OCc1ccc(C(=O)O)cc1. The molecular weight excluding hydrogens is 548 g/mol. The van der Waals surface area contributed by atoms with Crippen LogP contribution < -0.4 is 14.8 Å². The lowest BCUT2D eigenvalue weighted by atomic mass is 10.1. The van der Waals surface area contributed by atoms with Crippen molar-refractivity contribution in [2.24, 2.45) is 0 Å². The van der Waals surface area contributed by atoms with Gasteiger partial charge in [-0.25, -0.2) is 4.79 Å². The highest BCUT2D eigenvalue weighted by Crippen LogP contribution is 2.35. The number of aromatic carboxylic acids is 1. The van der Waals surface area contributed by atoms with Crippen LogP contribution in [0.25, 0.3) is 6.08 Å². The molecular formula is C27H22BrClN2O5. The maximum absolute atomic E-state index is 12.8. The van der Waals surface area contributed by atoms with Gasteiger partial charge in [0.25, 0.3) is 5.91 Å². The van der Waals surface area contributed by atoms with Gasteiger partial charge in [-0.15, -0.1) is 0 Å². The zero-order chi connectivity index (χ0) is 26.2. The first kappa shape index (κ1) is 26.8. The molecule has 36 heavy (non-hydrogen) atoms. The molecule has 9 heteroatoms. The Kier molecular flexibility index (Phi) is 9.12. The van der Waals surface area contributed by atoms with E-state index in [0.29, 0.717) is 44.4 Å². The monoisotopic (exact) mass is 568 g/mol. The topological polar surface area (TPSA) is 109 Å². The molecule has 0 aromatic heterocycles. The highest BCUT2D eigenvalue weighted by molar-refractivity contribution is 9.10. The minimum atomic E-state index is -0.998. The molecule has 0 saturated carbocycles. The lowest BCUT2D eigenvalue weighted by Crippen LogP contribution is -2.14. The number of rotatable bonds is 9. The summed E-state index contributed by atoms with van der Waals surface area (Å²) in [6.07, 6.45) is 1.45. The van der Waals surface area contributed by atoms with Gasteiger partial charge in [0.15, 0.2) is 11.5 Å². The van der Waals surface area contributed by atoms with Crippen molar-refractivity contribution in [1.82, 2.24) is 0 Å². The van der Waals surface area contributed by atoms with E-state index in [2.05, 4.69) is 21.2 Å². The third-order valence-corrected chi connectivity index (χ3v) is 6.24. The zero-order valence-corrected chi connectivity index (χ0v) is 21.8. The van der Waals surface area contributed by atoms with Crippen LogP contribution in [-0.4, -0.2) is 23.6 Å². The average Bonchev–Trinajstić information content (AvgIpc) is 2.86. The number of nitrogens with one attached hydrogen (secondary N) is 1. The first-order chi connectivity index (χ1) is 17.2. The lowest BCUT2D eigenvalue weighted by Gasteiger charge is -2.14. The molecule has 0 aliphatic carbocycles. The fourth-order valence-electron chi connectivity index (χ4n) is 3.18. The van der Waals surface area contributed by atoms with Gasteiger partial charge in [-0.3, -0.25) is 4.79 Å². The van der Waals surface area contributed by atoms with Gasteiger partial charge in [-0.05, 0) is 73.0 Å². The molecule has 0 unspecified atom stereocenters. The Labute approximate surface area is 222 Å². The number of nitrogens with zero attached hydrogens (tertiary/aromatic N) is 1.